The molecule has 4 heteroatoms. The molecule has 2 aliphatic heterocycles. The Labute approximate surface area is 105 Å². The van der Waals surface area contributed by atoms with Crippen LogP contribution in [0.4, 0.5) is 5.69 Å². The molecule has 1 spiro atoms. The summed E-state index contributed by atoms with van der Waals surface area (Å²) in [6.45, 7) is 1.61. The van der Waals surface area contributed by atoms with E-state index in [2.05, 4.69) is 4.99 Å². The van der Waals surface area contributed by atoms with E-state index in [-0.39, 0.29) is 5.60 Å². The van der Waals surface area contributed by atoms with E-state index in [1.807, 2.05) is 30.3 Å². The summed E-state index contributed by atoms with van der Waals surface area (Å²) in [5.41, 5.74) is 0.940. The molecular weight excluding hydrogens is 234 g/mol. The maximum absolute atomic E-state index is 6.03. The molecular formula is C13H15NO2S. The minimum Gasteiger partial charge on any atom is -0.465 e. The third-order valence-corrected chi connectivity index (χ3v) is 4.24. The molecule has 3 nitrogen and oxygen atoms in total. The van der Waals surface area contributed by atoms with Crippen LogP contribution < -0.4 is 0 Å². The van der Waals surface area contributed by atoms with Crippen LogP contribution in [0.25, 0.3) is 0 Å². The predicted octanol–water partition coefficient (Wildman–Crippen LogP) is 2.99. The fourth-order valence-corrected chi connectivity index (χ4v) is 3.23. The molecule has 0 amide bonds. The lowest BCUT2D eigenvalue weighted by Crippen LogP contribution is -2.38. The second-order valence-corrected chi connectivity index (χ2v) is 5.33. The number of hydrogen-bond acceptors (Lipinski definition) is 4. The number of aliphatic imine (C=N–C) groups is 1. The van der Waals surface area contributed by atoms with Crippen molar-refractivity contribution in [3.63, 3.8) is 0 Å². The summed E-state index contributed by atoms with van der Waals surface area (Å²) in [6, 6.07) is 9.95. The van der Waals surface area contributed by atoms with Gasteiger partial charge in [-0.15, -0.1) is 0 Å². The number of rotatable bonds is 1. The number of thioether (sulfide) groups is 1. The average Bonchev–Trinajstić information content (AvgIpc) is 2.74. The second kappa shape index (κ2) is 4.70. The Balaban J connectivity index is 1.73. The summed E-state index contributed by atoms with van der Waals surface area (Å²) in [5, 5.41) is 0.804. The monoisotopic (exact) mass is 249 g/mol. The van der Waals surface area contributed by atoms with E-state index < -0.39 is 0 Å². The van der Waals surface area contributed by atoms with Crippen LogP contribution in [-0.4, -0.2) is 29.8 Å². The van der Waals surface area contributed by atoms with Crippen molar-refractivity contribution in [2.45, 2.75) is 18.4 Å². The van der Waals surface area contributed by atoms with Crippen molar-refractivity contribution in [2.75, 3.05) is 19.0 Å². The third-order valence-electron chi connectivity index (χ3n) is 3.14. The Bertz CT molecular complexity index is 413. The van der Waals surface area contributed by atoms with Crippen LogP contribution in [0.15, 0.2) is 35.3 Å². The van der Waals surface area contributed by atoms with Gasteiger partial charge in [-0.25, -0.2) is 4.99 Å². The Hall–Kier alpha value is -1.00. The highest BCUT2D eigenvalue weighted by Gasteiger charge is 2.41. The minimum absolute atomic E-state index is 0.0173. The van der Waals surface area contributed by atoms with Gasteiger partial charge in [0.15, 0.2) is 0 Å². The van der Waals surface area contributed by atoms with Crippen LogP contribution >= 0.6 is 11.8 Å². The Kier molecular flexibility index (Phi) is 3.07. The summed E-state index contributed by atoms with van der Waals surface area (Å²) < 4.78 is 11.4. The maximum Gasteiger partial charge on any atom is 0.251 e. The highest BCUT2D eigenvalue weighted by Crippen LogP contribution is 2.38. The van der Waals surface area contributed by atoms with Crippen LogP contribution in [0.2, 0.25) is 0 Å². The summed E-state index contributed by atoms with van der Waals surface area (Å²) in [6.07, 6.45) is 1.96. The average molecular weight is 249 g/mol. The zero-order chi connectivity index (χ0) is 11.6. The van der Waals surface area contributed by atoms with Crippen molar-refractivity contribution in [1.82, 2.24) is 0 Å². The second-order valence-electron chi connectivity index (χ2n) is 4.40. The predicted molar refractivity (Wildman–Crippen MR) is 69.9 cm³/mol. The normalized spacial score (nSPS) is 25.1. The molecule has 17 heavy (non-hydrogen) atoms. The molecule has 0 aliphatic carbocycles. The Morgan fingerprint density at radius 1 is 1.12 bits per heavy atom. The SMILES string of the molecule is c1ccc(N=C2OC3(CCOCC3)CS2)cc1. The van der Waals surface area contributed by atoms with E-state index in [0.717, 1.165) is 42.7 Å². The zero-order valence-corrected chi connectivity index (χ0v) is 10.4. The molecule has 2 saturated heterocycles. The van der Waals surface area contributed by atoms with Gasteiger partial charge in [0.2, 0.25) is 0 Å². The molecule has 0 aromatic heterocycles. The zero-order valence-electron chi connectivity index (χ0n) is 9.59. The summed E-state index contributed by atoms with van der Waals surface area (Å²) in [5.74, 6) is 1.00. The highest BCUT2D eigenvalue weighted by molar-refractivity contribution is 8.13. The van der Waals surface area contributed by atoms with Crippen LogP contribution in [0.5, 0.6) is 0 Å². The molecule has 3 rings (SSSR count). The van der Waals surface area contributed by atoms with Crippen LogP contribution in [0, 0.1) is 0 Å². The first-order valence-corrected chi connectivity index (χ1v) is 6.88. The molecule has 0 unspecified atom stereocenters. The van der Waals surface area contributed by atoms with Gasteiger partial charge in [0, 0.05) is 18.6 Å². The summed E-state index contributed by atoms with van der Waals surface area (Å²) >= 11 is 1.71. The molecule has 2 heterocycles. The number of ether oxygens (including phenoxy) is 2. The van der Waals surface area contributed by atoms with Gasteiger partial charge in [-0.3, -0.25) is 0 Å². The van der Waals surface area contributed by atoms with Gasteiger partial charge in [0.1, 0.15) is 5.60 Å². The van der Waals surface area contributed by atoms with Gasteiger partial charge in [0.05, 0.1) is 18.9 Å². The molecule has 90 valence electrons. The number of benzene rings is 1. The minimum atomic E-state index is -0.0173. The fourth-order valence-electron chi connectivity index (χ4n) is 2.09. The number of hydrogen-bond donors (Lipinski definition) is 0. The van der Waals surface area contributed by atoms with Gasteiger partial charge in [0.25, 0.3) is 5.23 Å². The lowest BCUT2D eigenvalue weighted by Gasteiger charge is -2.31. The largest absolute Gasteiger partial charge is 0.465 e. The maximum atomic E-state index is 6.03. The van der Waals surface area contributed by atoms with E-state index in [9.17, 15) is 0 Å². The number of para-hydroxylation sites is 1. The third kappa shape index (κ3) is 2.48. The van der Waals surface area contributed by atoms with Crippen molar-refractivity contribution in [3.8, 4) is 0 Å². The van der Waals surface area contributed by atoms with Crippen molar-refractivity contribution < 1.29 is 9.47 Å². The van der Waals surface area contributed by atoms with Gasteiger partial charge in [-0.05, 0) is 12.1 Å². The molecule has 0 bridgehead atoms. The molecule has 2 fully saturated rings. The van der Waals surface area contributed by atoms with E-state index in [4.69, 9.17) is 9.47 Å². The quantitative estimate of drug-likeness (QED) is 0.766. The van der Waals surface area contributed by atoms with E-state index in [1.54, 1.807) is 11.8 Å². The van der Waals surface area contributed by atoms with Gasteiger partial charge < -0.3 is 9.47 Å². The molecule has 0 saturated carbocycles. The van der Waals surface area contributed by atoms with Gasteiger partial charge >= 0.3 is 0 Å². The fraction of sp³-hybridized carbons (Fsp3) is 0.462. The summed E-state index contributed by atoms with van der Waals surface area (Å²) in [4.78, 5) is 4.52. The van der Waals surface area contributed by atoms with Gasteiger partial charge in [-0.1, -0.05) is 30.0 Å². The van der Waals surface area contributed by atoms with Crippen LogP contribution in [0.1, 0.15) is 12.8 Å². The standard InChI is InChI=1S/C13H15NO2S/c1-2-4-11(5-3-1)14-12-16-13(10-17-12)6-8-15-9-7-13/h1-5H,6-10H2. The lowest BCUT2D eigenvalue weighted by molar-refractivity contribution is -0.0318. The van der Waals surface area contributed by atoms with Crippen LogP contribution in [-0.2, 0) is 9.47 Å². The highest BCUT2D eigenvalue weighted by atomic mass is 32.2. The molecule has 1 aromatic carbocycles. The first kappa shape index (κ1) is 11.1. The van der Waals surface area contributed by atoms with Crippen molar-refractivity contribution in [3.05, 3.63) is 30.3 Å². The molecule has 0 atom stereocenters. The molecule has 0 radical (unpaired) electrons. The number of nitrogens with zero attached hydrogens (tertiary/aromatic N) is 1. The summed E-state index contributed by atoms with van der Waals surface area (Å²) in [7, 11) is 0. The van der Waals surface area contributed by atoms with Crippen LogP contribution in [0.3, 0.4) is 0 Å². The van der Waals surface area contributed by atoms with Gasteiger partial charge in [-0.2, -0.15) is 0 Å². The lowest BCUT2D eigenvalue weighted by atomic mass is 9.97. The first-order chi connectivity index (χ1) is 8.36. The molecule has 1 aromatic rings. The van der Waals surface area contributed by atoms with Crippen molar-refractivity contribution in [1.29, 1.82) is 0 Å². The molecule has 2 aliphatic rings. The molecule has 0 N–H and O–H groups in total. The first-order valence-electron chi connectivity index (χ1n) is 5.90. The van der Waals surface area contributed by atoms with Crippen molar-refractivity contribution >= 4 is 22.7 Å². The smallest absolute Gasteiger partial charge is 0.251 e. The Morgan fingerprint density at radius 3 is 2.65 bits per heavy atom. The van der Waals surface area contributed by atoms with E-state index in [1.165, 1.54) is 0 Å². The van der Waals surface area contributed by atoms with E-state index >= 15 is 0 Å². The topological polar surface area (TPSA) is 30.8 Å². The Morgan fingerprint density at radius 2 is 1.88 bits per heavy atom. The van der Waals surface area contributed by atoms with E-state index in [0.29, 0.717) is 0 Å². The van der Waals surface area contributed by atoms with Crippen molar-refractivity contribution in [2.24, 2.45) is 4.99 Å².